The molecule has 0 saturated carbocycles. The number of piperazine rings is 1. The highest BCUT2D eigenvalue weighted by Gasteiger charge is 2.25. The number of rotatable bonds is 6. The molecule has 1 saturated heterocycles. The minimum atomic E-state index is -0.523. The predicted molar refractivity (Wildman–Crippen MR) is 136 cm³/mol. The van der Waals surface area contributed by atoms with Crippen LogP contribution in [0.4, 0.5) is 15.8 Å². The van der Waals surface area contributed by atoms with Gasteiger partial charge in [-0.05, 0) is 62.4 Å². The van der Waals surface area contributed by atoms with Crippen molar-refractivity contribution >= 4 is 34.8 Å². The molecule has 0 aromatic heterocycles. The molecule has 0 radical (unpaired) electrons. The van der Waals surface area contributed by atoms with E-state index in [2.05, 4.69) is 10.2 Å². The normalized spacial score (nSPS) is 13.6. The largest absolute Gasteiger partial charge is 0.491 e. The number of amides is 2. The van der Waals surface area contributed by atoms with E-state index in [0.29, 0.717) is 48.2 Å². The third kappa shape index (κ3) is 5.92. The second-order valence-electron chi connectivity index (χ2n) is 8.57. The van der Waals surface area contributed by atoms with Crippen molar-refractivity contribution in [2.24, 2.45) is 0 Å². The third-order valence-electron chi connectivity index (χ3n) is 5.69. The maximum absolute atomic E-state index is 14.1. The van der Waals surface area contributed by atoms with Gasteiger partial charge in [0.05, 0.1) is 23.0 Å². The molecule has 2 amide bonds. The number of halogens is 2. The molecule has 1 N–H and O–H groups in total. The zero-order valence-electron chi connectivity index (χ0n) is 19.6. The number of anilines is 2. The number of carbonyl (C=O) groups excluding carboxylic acids is 2. The van der Waals surface area contributed by atoms with Crippen molar-refractivity contribution < 1.29 is 18.7 Å². The molecule has 35 heavy (non-hydrogen) atoms. The van der Waals surface area contributed by atoms with E-state index in [-0.39, 0.29) is 23.5 Å². The van der Waals surface area contributed by atoms with Crippen LogP contribution in [-0.4, -0.2) is 49.0 Å². The Morgan fingerprint density at radius 1 is 0.971 bits per heavy atom. The van der Waals surface area contributed by atoms with Gasteiger partial charge in [0.1, 0.15) is 11.6 Å². The molecule has 1 fully saturated rings. The van der Waals surface area contributed by atoms with Crippen molar-refractivity contribution in [1.29, 1.82) is 0 Å². The summed E-state index contributed by atoms with van der Waals surface area (Å²) in [5.41, 5.74) is 1.92. The quantitative estimate of drug-likeness (QED) is 0.492. The molecule has 6 nitrogen and oxygen atoms in total. The van der Waals surface area contributed by atoms with Crippen molar-refractivity contribution in [3.8, 4) is 5.75 Å². The Hall–Kier alpha value is -3.58. The lowest BCUT2D eigenvalue weighted by Gasteiger charge is -2.37. The van der Waals surface area contributed by atoms with Gasteiger partial charge in [-0.15, -0.1) is 0 Å². The van der Waals surface area contributed by atoms with Crippen LogP contribution in [0.5, 0.6) is 5.75 Å². The van der Waals surface area contributed by atoms with Gasteiger partial charge in [-0.25, -0.2) is 4.39 Å². The summed E-state index contributed by atoms with van der Waals surface area (Å²) >= 11 is 6.24. The van der Waals surface area contributed by atoms with Gasteiger partial charge >= 0.3 is 0 Å². The Morgan fingerprint density at radius 2 is 1.71 bits per heavy atom. The summed E-state index contributed by atoms with van der Waals surface area (Å²) in [6.07, 6.45) is -0.00299. The third-order valence-corrected chi connectivity index (χ3v) is 5.92. The van der Waals surface area contributed by atoms with Crippen LogP contribution in [0.25, 0.3) is 0 Å². The SMILES string of the molecule is CC(C)Oc1cccc(C(=O)Nc2cc(Cl)ccc2N2CCN(C(=O)c3ccccc3F)CC2)c1. The van der Waals surface area contributed by atoms with E-state index in [9.17, 15) is 14.0 Å². The van der Waals surface area contributed by atoms with Crippen LogP contribution in [0.15, 0.2) is 66.7 Å². The number of nitrogens with one attached hydrogen (secondary N) is 1. The highest BCUT2D eigenvalue weighted by Crippen LogP contribution is 2.31. The van der Waals surface area contributed by atoms with Gasteiger partial charge in [-0.1, -0.05) is 29.8 Å². The lowest BCUT2D eigenvalue weighted by molar-refractivity contribution is 0.0742. The van der Waals surface area contributed by atoms with E-state index in [1.54, 1.807) is 47.4 Å². The highest BCUT2D eigenvalue weighted by atomic mass is 35.5. The van der Waals surface area contributed by atoms with Gasteiger partial charge in [0.2, 0.25) is 0 Å². The zero-order chi connectivity index (χ0) is 24.9. The second-order valence-corrected chi connectivity index (χ2v) is 9.01. The summed E-state index contributed by atoms with van der Waals surface area (Å²) in [6.45, 7) is 5.77. The van der Waals surface area contributed by atoms with E-state index in [1.807, 2.05) is 26.0 Å². The van der Waals surface area contributed by atoms with Gasteiger partial charge in [0.25, 0.3) is 11.8 Å². The fraction of sp³-hybridized carbons (Fsp3) is 0.259. The summed E-state index contributed by atoms with van der Waals surface area (Å²) in [4.78, 5) is 29.5. The standard InChI is InChI=1S/C27H27ClFN3O3/c1-18(2)35-21-7-5-6-19(16-21)26(33)30-24-17-20(28)10-11-25(24)31-12-14-32(15-13-31)27(34)22-8-3-4-9-23(22)29/h3-11,16-18H,12-15H2,1-2H3,(H,30,33). The molecule has 0 atom stereocenters. The van der Waals surface area contributed by atoms with Crippen molar-refractivity contribution in [3.05, 3.63) is 88.7 Å². The first kappa shape index (κ1) is 24.5. The molecule has 3 aromatic carbocycles. The Labute approximate surface area is 209 Å². The number of benzene rings is 3. The minimum absolute atomic E-state index is 0.00299. The number of hydrogen-bond donors (Lipinski definition) is 1. The fourth-order valence-electron chi connectivity index (χ4n) is 4.02. The average Bonchev–Trinajstić information content (AvgIpc) is 2.84. The van der Waals surface area contributed by atoms with Crippen LogP contribution < -0.4 is 15.0 Å². The minimum Gasteiger partial charge on any atom is -0.491 e. The smallest absolute Gasteiger partial charge is 0.256 e. The monoisotopic (exact) mass is 495 g/mol. The fourth-order valence-corrected chi connectivity index (χ4v) is 4.19. The Kier molecular flexibility index (Phi) is 7.56. The molecule has 1 aliphatic rings. The van der Waals surface area contributed by atoms with E-state index < -0.39 is 5.82 Å². The van der Waals surface area contributed by atoms with Gasteiger partial charge in [0, 0.05) is 36.8 Å². The summed E-state index contributed by atoms with van der Waals surface area (Å²) < 4.78 is 19.8. The lowest BCUT2D eigenvalue weighted by atomic mass is 10.1. The lowest BCUT2D eigenvalue weighted by Crippen LogP contribution is -2.49. The van der Waals surface area contributed by atoms with Crippen LogP contribution in [0, 0.1) is 5.82 Å². The molecular weight excluding hydrogens is 469 g/mol. The van der Waals surface area contributed by atoms with Gasteiger partial charge < -0.3 is 19.9 Å². The van der Waals surface area contributed by atoms with E-state index >= 15 is 0 Å². The Bertz CT molecular complexity index is 1230. The van der Waals surface area contributed by atoms with E-state index in [1.165, 1.54) is 12.1 Å². The molecule has 1 aliphatic heterocycles. The van der Waals surface area contributed by atoms with Gasteiger partial charge in [0.15, 0.2) is 0 Å². The number of ether oxygens (including phenoxy) is 1. The van der Waals surface area contributed by atoms with Crippen LogP contribution in [0.3, 0.4) is 0 Å². The molecule has 3 aromatic rings. The molecule has 1 heterocycles. The molecule has 0 bridgehead atoms. The molecule has 0 spiro atoms. The molecule has 0 unspecified atom stereocenters. The first-order valence-corrected chi connectivity index (χ1v) is 11.9. The zero-order valence-corrected chi connectivity index (χ0v) is 20.4. The van der Waals surface area contributed by atoms with Crippen molar-refractivity contribution in [2.45, 2.75) is 20.0 Å². The number of hydrogen-bond acceptors (Lipinski definition) is 4. The predicted octanol–water partition coefficient (Wildman–Crippen LogP) is 5.48. The summed E-state index contributed by atoms with van der Waals surface area (Å²) in [5, 5.41) is 3.46. The molecule has 4 rings (SSSR count). The van der Waals surface area contributed by atoms with Crippen molar-refractivity contribution in [2.75, 3.05) is 36.4 Å². The molecule has 8 heteroatoms. The topological polar surface area (TPSA) is 61.9 Å². The van der Waals surface area contributed by atoms with Crippen molar-refractivity contribution in [1.82, 2.24) is 4.90 Å². The maximum atomic E-state index is 14.1. The van der Waals surface area contributed by atoms with Crippen LogP contribution in [0.1, 0.15) is 34.6 Å². The van der Waals surface area contributed by atoms with Crippen LogP contribution >= 0.6 is 11.6 Å². The van der Waals surface area contributed by atoms with Crippen molar-refractivity contribution in [3.63, 3.8) is 0 Å². The van der Waals surface area contributed by atoms with Gasteiger partial charge in [-0.3, -0.25) is 9.59 Å². The van der Waals surface area contributed by atoms with Gasteiger partial charge in [-0.2, -0.15) is 0 Å². The maximum Gasteiger partial charge on any atom is 0.256 e. The van der Waals surface area contributed by atoms with E-state index in [4.69, 9.17) is 16.3 Å². The first-order valence-electron chi connectivity index (χ1n) is 11.5. The first-order chi connectivity index (χ1) is 16.8. The van der Waals surface area contributed by atoms with Crippen LogP contribution in [0.2, 0.25) is 5.02 Å². The summed E-state index contributed by atoms with van der Waals surface area (Å²) in [6, 6.07) is 18.3. The van der Waals surface area contributed by atoms with Crippen LogP contribution in [-0.2, 0) is 0 Å². The number of carbonyl (C=O) groups is 2. The Morgan fingerprint density at radius 3 is 2.43 bits per heavy atom. The second kappa shape index (κ2) is 10.8. The molecular formula is C27H27ClFN3O3. The highest BCUT2D eigenvalue weighted by molar-refractivity contribution is 6.31. The van der Waals surface area contributed by atoms with E-state index in [0.717, 1.165) is 5.69 Å². The average molecular weight is 496 g/mol. The number of nitrogens with zero attached hydrogens (tertiary/aromatic N) is 2. The summed E-state index contributed by atoms with van der Waals surface area (Å²) in [7, 11) is 0. The molecule has 0 aliphatic carbocycles. The molecule has 182 valence electrons. The summed E-state index contributed by atoms with van der Waals surface area (Å²) in [5.74, 6) is -0.507. The Balaban J connectivity index is 1.47.